The lowest BCUT2D eigenvalue weighted by atomic mass is 9.82. The Balaban J connectivity index is 1.85. The van der Waals surface area contributed by atoms with Crippen LogP contribution in [0, 0.1) is 0 Å². The Bertz CT molecular complexity index is 1030. The van der Waals surface area contributed by atoms with Gasteiger partial charge < -0.3 is 9.64 Å². The van der Waals surface area contributed by atoms with Gasteiger partial charge in [0.1, 0.15) is 0 Å². The van der Waals surface area contributed by atoms with E-state index in [9.17, 15) is 19.2 Å². The Morgan fingerprint density at radius 1 is 0.839 bits per heavy atom. The fraction of sp³-hybridized carbons (Fsp3) is 0.360. The molecule has 2 aromatic rings. The second-order valence-electron chi connectivity index (χ2n) is 7.82. The van der Waals surface area contributed by atoms with Gasteiger partial charge in [-0.1, -0.05) is 50.2 Å². The van der Waals surface area contributed by atoms with Gasteiger partial charge in [-0.05, 0) is 32.8 Å². The minimum atomic E-state index is -0.793. The summed E-state index contributed by atoms with van der Waals surface area (Å²) < 4.78 is 5.30. The topological polar surface area (TPSA) is 80.8 Å². The molecule has 0 bridgehead atoms. The first kappa shape index (κ1) is 22.4. The smallest absolute Gasteiger partial charge is 0.339 e. The fourth-order valence-electron chi connectivity index (χ4n) is 3.91. The van der Waals surface area contributed by atoms with Crippen LogP contribution in [0.5, 0.6) is 0 Å². The summed E-state index contributed by atoms with van der Waals surface area (Å²) in [6, 6.07) is 11.1. The van der Waals surface area contributed by atoms with Crippen molar-refractivity contribution in [2.75, 3.05) is 6.61 Å². The van der Waals surface area contributed by atoms with Crippen LogP contribution in [-0.2, 0) is 9.53 Å². The Labute approximate surface area is 182 Å². The van der Waals surface area contributed by atoms with Gasteiger partial charge in [-0.25, -0.2) is 4.79 Å². The van der Waals surface area contributed by atoms with Crippen molar-refractivity contribution >= 4 is 23.4 Å². The third-order valence-electron chi connectivity index (χ3n) is 5.92. The van der Waals surface area contributed by atoms with Gasteiger partial charge in [0, 0.05) is 34.3 Å². The number of fused-ring (bicyclic) bond motifs is 2. The summed E-state index contributed by atoms with van der Waals surface area (Å²) in [5, 5.41) is 0. The molecule has 0 spiro atoms. The number of ether oxygens (including phenoxy) is 1. The monoisotopic (exact) mass is 421 g/mol. The first-order valence-corrected chi connectivity index (χ1v) is 10.6. The quantitative estimate of drug-likeness (QED) is 0.538. The molecule has 0 radical (unpaired) electrons. The molecule has 2 aromatic carbocycles. The van der Waals surface area contributed by atoms with Crippen LogP contribution < -0.4 is 0 Å². The average Bonchev–Trinajstić information content (AvgIpc) is 2.80. The first-order chi connectivity index (χ1) is 14.8. The van der Waals surface area contributed by atoms with Crippen molar-refractivity contribution in [2.24, 2.45) is 0 Å². The van der Waals surface area contributed by atoms with Crippen LogP contribution in [0.1, 0.15) is 82.7 Å². The second-order valence-corrected chi connectivity index (χ2v) is 7.82. The summed E-state index contributed by atoms with van der Waals surface area (Å²) in [4.78, 5) is 53.2. The van der Waals surface area contributed by atoms with Crippen molar-refractivity contribution in [3.63, 3.8) is 0 Å². The molecule has 0 unspecified atom stereocenters. The summed E-state index contributed by atoms with van der Waals surface area (Å²) in [6.45, 7) is 7.49. The maximum absolute atomic E-state index is 13.0. The first-order valence-electron chi connectivity index (χ1n) is 10.6. The van der Waals surface area contributed by atoms with Crippen LogP contribution in [0.4, 0.5) is 0 Å². The van der Waals surface area contributed by atoms with E-state index in [1.54, 1.807) is 35.2 Å². The van der Waals surface area contributed by atoms with Crippen LogP contribution >= 0.6 is 0 Å². The molecular weight excluding hydrogens is 394 g/mol. The largest absolute Gasteiger partial charge is 0.452 e. The lowest BCUT2D eigenvalue weighted by Crippen LogP contribution is -2.46. The minimum Gasteiger partial charge on any atom is -0.452 e. The number of hydrogen-bond acceptors (Lipinski definition) is 5. The second kappa shape index (κ2) is 9.25. The molecule has 31 heavy (non-hydrogen) atoms. The summed E-state index contributed by atoms with van der Waals surface area (Å²) in [5.41, 5.74) is 0.779. The molecule has 0 aliphatic heterocycles. The molecule has 2 atom stereocenters. The number of benzene rings is 2. The van der Waals surface area contributed by atoms with Crippen LogP contribution in [-0.4, -0.2) is 47.0 Å². The molecular formula is C25H27NO5. The van der Waals surface area contributed by atoms with Crippen molar-refractivity contribution in [3.05, 3.63) is 70.3 Å². The molecule has 3 rings (SSSR count). The van der Waals surface area contributed by atoms with Gasteiger partial charge in [0.2, 0.25) is 0 Å². The van der Waals surface area contributed by atoms with E-state index >= 15 is 0 Å². The zero-order valence-corrected chi connectivity index (χ0v) is 18.3. The molecule has 0 heterocycles. The van der Waals surface area contributed by atoms with Crippen molar-refractivity contribution in [1.82, 2.24) is 4.90 Å². The van der Waals surface area contributed by atoms with Crippen LogP contribution in [0.15, 0.2) is 42.5 Å². The van der Waals surface area contributed by atoms with E-state index in [1.165, 1.54) is 12.1 Å². The van der Waals surface area contributed by atoms with Gasteiger partial charge in [0.05, 0.1) is 5.56 Å². The van der Waals surface area contributed by atoms with Gasteiger partial charge in [-0.2, -0.15) is 0 Å². The van der Waals surface area contributed by atoms with E-state index in [0.29, 0.717) is 5.56 Å². The zero-order valence-electron chi connectivity index (χ0n) is 18.3. The Morgan fingerprint density at radius 3 is 1.97 bits per heavy atom. The molecule has 0 saturated heterocycles. The highest BCUT2D eigenvalue weighted by molar-refractivity contribution is 6.30. The predicted molar refractivity (Wildman–Crippen MR) is 116 cm³/mol. The highest BCUT2D eigenvalue weighted by Crippen LogP contribution is 2.29. The summed E-state index contributed by atoms with van der Waals surface area (Å²) in [5.74, 6) is -1.78. The zero-order chi connectivity index (χ0) is 22.7. The minimum absolute atomic E-state index is 0.00298. The third-order valence-corrected chi connectivity index (χ3v) is 5.92. The maximum Gasteiger partial charge on any atom is 0.339 e. The molecule has 0 fully saturated rings. The predicted octanol–water partition coefficient (Wildman–Crippen LogP) is 4.04. The number of amides is 1. The molecule has 1 amide bonds. The summed E-state index contributed by atoms with van der Waals surface area (Å²) >= 11 is 0. The van der Waals surface area contributed by atoms with Crippen molar-refractivity contribution in [2.45, 2.75) is 52.6 Å². The molecule has 162 valence electrons. The number of carbonyl (C=O) groups excluding carboxylic acids is 4. The maximum atomic E-state index is 13.0. The number of rotatable bonds is 7. The molecule has 0 saturated carbocycles. The third kappa shape index (κ3) is 4.15. The van der Waals surface area contributed by atoms with Crippen molar-refractivity contribution < 1.29 is 23.9 Å². The van der Waals surface area contributed by atoms with Gasteiger partial charge in [0.25, 0.3) is 5.91 Å². The number of carbonyl (C=O) groups is 4. The molecule has 1 aliphatic rings. The molecule has 6 heteroatoms. The van der Waals surface area contributed by atoms with Crippen molar-refractivity contribution in [1.29, 1.82) is 0 Å². The SMILES string of the molecule is CC[C@H](C)N(C(=O)COC(=O)c1cccc2c1C(=O)c1ccccc1C2=O)[C@@H](C)CC. The van der Waals surface area contributed by atoms with E-state index < -0.39 is 18.4 Å². The van der Waals surface area contributed by atoms with Crippen LogP contribution in [0.2, 0.25) is 0 Å². The van der Waals surface area contributed by atoms with Gasteiger partial charge >= 0.3 is 5.97 Å². The lowest BCUT2D eigenvalue weighted by molar-refractivity contribution is -0.139. The Kier molecular flexibility index (Phi) is 6.68. The molecule has 0 N–H and O–H groups in total. The average molecular weight is 421 g/mol. The highest BCUT2D eigenvalue weighted by Gasteiger charge is 2.33. The number of esters is 1. The normalized spacial score (nSPS) is 14.3. The Hall–Kier alpha value is -3.28. The van der Waals surface area contributed by atoms with E-state index in [0.717, 1.165) is 12.8 Å². The molecule has 0 aromatic heterocycles. The number of ketones is 2. The Morgan fingerprint density at radius 2 is 1.39 bits per heavy atom. The van der Waals surface area contributed by atoms with E-state index in [1.807, 2.05) is 27.7 Å². The summed E-state index contributed by atoms with van der Waals surface area (Å²) in [6.07, 6.45) is 1.57. The lowest BCUT2D eigenvalue weighted by Gasteiger charge is -2.33. The standard InChI is InChI=1S/C25H27NO5/c1-5-15(3)26(16(4)6-2)21(27)14-31-25(30)20-13-9-12-19-22(20)24(29)18-11-8-7-10-17(18)23(19)28/h7-13,15-16H,5-6,14H2,1-4H3/t15-,16-/m0/s1. The fourth-order valence-corrected chi connectivity index (χ4v) is 3.91. The van der Waals surface area contributed by atoms with Gasteiger partial charge in [-0.3, -0.25) is 14.4 Å². The van der Waals surface area contributed by atoms with E-state index in [4.69, 9.17) is 4.74 Å². The van der Waals surface area contributed by atoms with E-state index in [-0.39, 0.29) is 46.0 Å². The number of hydrogen-bond donors (Lipinski definition) is 0. The molecule has 1 aliphatic carbocycles. The van der Waals surface area contributed by atoms with Gasteiger partial charge in [0.15, 0.2) is 18.2 Å². The molecule has 6 nitrogen and oxygen atoms in total. The van der Waals surface area contributed by atoms with E-state index in [2.05, 4.69) is 0 Å². The van der Waals surface area contributed by atoms with Crippen LogP contribution in [0.25, 0.3) is 0 Å². The van der Waals surface area contributed by atoms with Crippen molar-refractivity contribution in [3.8, 4) is 0 Å². The summed E-state index contributed by atoms with van der Waals surface area (Å²) in [7, 11) is 0. The highest BCUT2D eigenvalue weighted by atomic mass is 16.5. The van der Waals surface area contributed by atoms with Gasteiger partial charge in [-0.15, -0.1) is 0 Å². The van der Waals surface area contributed by atoms with Crippen LogP contribution in [0.3, 0.4) is 0 Å². The number of nitrogens with zero attached hydrogens (tertiary/aromatic N) is 1.